The highest BCUT2D eigenvalue weighted by atomic mass is 16.8. The normalized spacial score (nSPS) is 48.1. The molecule has 0 saturated carbocycles. The zero-order chi connectivity index (χ0) is 103. The molecule has 0 bridgehead atoms. The van der Waals surface area contributed by atoms with E-state index in [1.807, 2.05) is 0 Å². The van der Waals surface area contributed by atoms with Crippen LogP contribution in [0.25, 0.3) is 0 Å². The molecule has 6 amide bonds. The van der Waals surface area contributed by atoms with Crippen LogP contribution in [0.15, 0.2) is 0 Å². The van der Waals surface area contributed by atoms with Crippen molar-refractivity contribution in [2.75, 3.05) is 72.7 Å². The Morgan fingerprint density at radius 3 is 0.729 bits per heavy atom. The third kappa shape index (κ3) is 25.7. The molecule has 11 fully saturated rings. The van der Waals surface area contributed by atoms with Crippen molar-refractivity contribution < 1.29 is 276 Å². The van der Waals surface area contributed by atoms with Gasteiger partial charge in [-0.15, -0.1) is 0 Å². The van der Waals surface area contributed by atoms with Crippen LogP contribution in [0.5, 0.6) is 0 Å². The maximum Gasteiger partial charge on any atom is 0.217 e. The van der Waals surface area contributed by atoms with Gasteiger partial charge in [0, 0.05) is 41.5 Å². The molecule has 11 heterocycles. The lowest BCUT2D eigenvalue weighted by atomic mass is 9.93. The average Bonchev–Trinajstić information content (AvgIpc) is 0.756. The summed E-state index contributed by atoms with van der Waals surface area (Å²) in [5.41, 5.74) is 0. The molecule has 0 radical (unpaired) electrons. The lowest BCUT2D eigenvalue weighted by Gasteiger charge is -2.53. The van der Waals surface area contributed by atoms with Crippen molar-refractivity contribution in [3.8, 4) is 0 Å². The fraction of sp³-hybridized carbons (Fsp3) is 0.923. The predicted molar refractivity (Wildman–Crippen MR) is 432 cm³/mol. The topological polar surface area (TPSA) is 955 Å². The van der Waals surface area contributed by atoms with E-state index in [2.05, 4.69) is 31.9 Å². The molecule has 62 heteroatoms. The molecule has 35 N–H and O–H groups in total. The minimum absolute atomic E-state index is 0.850. The van der Waals surface area contributed by atoms with Crippen LogP contribution in [0, 0.1) is 0 Å². The molecule has 62 nitrogen and oxygen atoms in total. The number of ether oxygens (including phenoxy) is 21. The number of carbonyl (C=O) groups is 6. The largest absolute Gasteiger partial charge is 0.394 e. The van der Waals surface area contributed by atoms with E-state index in [1.165, 1.54) is 0 Å². The van der Waals surface area contributed by atoms with Crippen LogP contribution in [0.2, 0.25) is 0 Å². The molecule has 140 heavy (non-hydrogen) atoms. The summed E-state index contributed by atoms with van der Waals surface area (Å²) < 4.78 is 129. The Hall–Kier alpha value is -5.18. The zero-order valence-corrected chi connectivity index (χ0v) is 75.5. The summed E-state index contributed by atoms with van der Waals surface area (Å²) in [5.74, 6) is -6.01. The summed E-state index contributed by atoms with van der Waals surface area (Å²) in [6.07, 6.45) is -110. The van der Waals surface area contributed by atoms with E-state index in [0.717, 1.165) is 41.5 Å². The Kier molecular flexibility index (Phi) is 41.7. The van der Waals surface area contributed by atoms with Crippen molar-refractivity contribution in [2.24, 2.45) is 0 Å². The Morgan fingerprint density at radius 1 is 0.186 bits per heavy atom. The van der Waals surface area contributed by atoms with E-state index in [1.54, 1.807) is 0 Å². The summed E-state index contributed by atoms with van der Waals surface area (Å²) in [6, 6.07) is -12.1. The smallest absolute Gasteiger partial charge is 0.217 e. The monoisotopic (exact) mass is 2050 g/mol. The fourth-order valence-electron chi connectivity index (χ4n) is 18.2. The Balaban J connectivity index is 1.07. The second kappa shape index (κ2) is 50.7. The second-order valence-corrected chi connectivity index (χ2v) is 35.2. The number of hydrogen-bond acceptors (Lipinski definition) is 56. The van der Waals surface area contributed by atoms with Gasteiger partial charge in [0.25, 0.3) is 0 Å². The van der Waals surface area contributed by atoms with Crippen LogP contribution < -0.4 is 31.9 Å². The number of aliphatic hydroxyl groups is 29. The minimum atomic E-state index is -2.90. The van der Waals surface area contributed by atoms with E-state index in [4.69, 9.17) is 99.5 Å². The highest BCUT2D eigenvalue weighted by molar-refractivity contribution is 5.75. The first-order chi connectivity index (χ1) is 66.3. The highest BCUT2D eigenvalue weighted by Gasteiger charge is 2.64. The molecule has 11 rings (SSSR count). The molecule has 0 unspecified atom stereocenters. The number of rotatable bonds is 37. The van der Waals surface area contributed by atoms with Crippen molar-refractivity contribution in [3.05, 3.63) is 0 Å². The highest BCUT2D eigenvalue weighted by Crippen LogP contribution is 2.43. The van der Waals surface area contributed by atoms with Gasteiger partial charge in [-0.3, -0.25) is 28.8 Å². The van der Waals surface area contributed by atoms with Gasteiger partial charge < -0.3 is 279 Å². The number of amides is 6. The molecular weight excluding hydrogens is 1920 g/mol. The van der Waals surface area contributed by atoms with Crippen molar-refractivity contribution in [3.63, 3.8) is 0 Å². The fourth-order valence-corrected chi connectivity index (χ4v) is 18.2. The van der Waals surface area contributed by atoms with E-state index in [9.17, 15) is 177 Å². The third-order valence-corrected chi connectivity index (χ3v) is 25.4. The van der Waals surface area contributed by atoms with E-state index in [0.29, 0.717) is 0 Å². The van der Waals surface area contributed by atoms with Gasteiger partial charge in [0.05, 0.1) is 72.7 Å². The first-order valence-corrected chi connectivity index (χ1v) is 44.6. The Labute approximate surface area is 792 Å². The summed E-state index contributed by atoms with van der Waals surface area (Å²) in [4.78, 5) is 78.8. The lowest BCUT2D eigenvalue weighted by molar-refractivity contribution is -0.413. The quantitative estimate of drug-likeness (QED) is 0.0275. The van der Waals surface area contributed by atoms with Crippen LogP contribution in [0.4, 0.5) is 0 Å². The third-order valence-electron chi connectivity index (χ3n) is 25.4. The van der Waals surface area contributed by atoms with Crippen LogP contribution in [-0.4, -0.2) is 594 Å². The molecule has 0 aromatic heterocycles. The number of aliphatic hydroxyl groups excluding tert-OH is 29. The molecule has 808 valence electrons. The van der Waals surface area contributed by atoms with E-state index >= 15 is 0 Å². The maximum atomic E-state index is 13.7. The molecule has 0 spiro atoms. The first-order valence-electron chi connectivity index (χ1n) is 44.6. The predicted octanol–water partition coefficient (Wildman–Crippen LogP) is -24.1. The summed E-state index contributed by atoms with van der Waals surface area (Å²) in [6.45, 7) is -8.07. The molecule has 11 aliphatic heterocycles. The average molecular weight is 2050 g/mol. The van der Waals surface area contributed by atoms with E-state index < -0.39 is 446 Å². The Morgan fingerprint density at radius 2 is 0.400 bits per heavy atom. The number of nitrogens with one attached hydrogen (secondary N) is 6. The van der Waals surface area contributed by atoms with Gasteiger partial charge in [-0.25, -0.2) is 0 Å². The lowest BCUT2D eigenvalue weighted by Crippen LogP contribution is -2.72. The zero-order valence-electron chi connectivity index (χ0n) is 75.5. The van der Waals surface area contributed by atoms with Gasteiger partial charge in [0.2, 0.25) is 35.4 Å². The summed E-state index contributed by atoms with van der Waals surface area (Å²) in [7, 11) is 0. The maximum absolute atomic E-state index is 13.7. The van der Waals surface area contributed by atoms with Gasteiger partial charge in [-0.2, -0.15) is 0 Å². The van der Waals surface area contributed by atoms with Crippen LogP contribution in [0.3, 0.4) is 0 Å². The van der Waals surface area contributed by atoms with Crippen molar-refractivity contribution in [2.45, 2.75) is 379 Å². The van der Waals surface area contributed by atoms with Crippen molar-refractivity contribution >= 4 is 35.4 Å². The van der Waals surface area contributed by atoms with Crippen LogP contribution >= 0.6 is 0 Å². The molecule has 11 saturated heterocycles. The van der Waals surface area contributed by atoms with Crippen LogP contribution in [-0.2, 0) is 128 Å². The van der Waals surface area contributed by atoms with Gasteiger partial charge in [-0.05, 0) is 0 Å². The molecular formula is C78H130N6O56. The van der Waals surface area contributed by atoms with Gasteiger partial charge in [0.15, 0.2) is 69.2 Å². The summed E-state index contributed by atoms with van der Waals surface area (Å²) in [5, 5.41) is 344. The van der Waals surface area contributed by atoms with Crippen molar-refractivity contribution in [1.82, 2.24) is 31.9 Å². The number of carbonyl (C=O) groups excluding carboxylic acids is 6. The van der Waals surface area contributed by atoms with Gasteiger partial charge in [0.1, 0.15) is 268 Å². The summed E-state index contributed by atoms with van der Waals surface area (Å²) >= 11 is 0. The van der Waals surface area contributed by atoms with Crippen molar-refractivity contribution in [1.29, 1.82) is 0 Å². The van der Waals surface area contributed by atoms with Gasteiger partial charge in [-0.1, -0.05) is 0 Å². The number of hydrogen-bond donors (Lipinski definition) is 35. The standard InChI is InChI=1S/C78H130N6O56/c1-18(95)79-35-48(108)59(29(12-90)121-68(35)119)132-71-38(82-21(4)98)49(109)62(32(15-93)127-71)136-76-58(118)65(138-78-67(57(117)63(33(16-94)130-78)133-69-36(80-19(2)96)46(106)41(101)24(7-85)122-69)140-73-40(84-23(6)100)51(111)61(31(14-92)129-73)135-75-56(116)53(113)44(104)27(10-88)125-75)64(137-70-37(81-20(3)97)47(107)42(102)25(8-86)123-70)34(131-76)17-120-77-66(54(114)45(105)28(11-89)126-77)139-72-39(83-22(5)99)50(110)60(30(13-91)128-72)134-74-55(115)52(112)43(103)26(9-87)124-74/h24-78,85-94,101-119H,7-17H2,1-6H3,(H,79,95)(H,80,96)(H,81,97)(H,82,98)(H,83,99)(H,84,100)/t24-,25-,26-,27-,28-,29-,30-,31-,32-,33-,34-,35-,36-,37-,38-,39-,40-,41-,42-,43+,44+,45-,46-,47-,48-,49-,50-,51-,52+,53+,54+,55-,56-,57+,58+,59-,60-,61-,62-,63-,64-,65-,66+,67+,68-,69+,70+,71+,72+,73+,74+,75+,76+,77+,78-/m1/s1. The minimum Gasteiger partial charge on any atom is -0.394 e. The first kappa shape index (κ1) is 115. The van der Waals surface area contributed by atoms with Gasteiger partial charge >= 0.3 is 0 Å². The molecule has 55 atom stereocenters. The van der Waals surface area contributed by atoms with E-state index in [-0.39, 0.29) is 0 Å². The molecule has 0 aliphatic carbocycles. The Bertz CT molecular complexity index is 3920. The second-order valence-electron chi connectivity index (χ2n) is 35.2. The van der Waals surface area contributed by atoms with Crippen LogP contribution in [0.1, 0.15) is 41.5 Å². The molecule has 11 aliphatic rings. The molecule has 0 aromatic rings. The molecule has 0 aromatic carbocycles. The SMILES string of the molecule is CC(=O)N[C@@H]1[C@@H](O)[C@H](O[C@@H]2O[C@H](CO)[C@@H](O[C@@H]3O[C@H](CO[C@H]4O[C@H](CO)[C@@H](O)[C@H](O)[C@@H]4O[C@@H]4O[C@H](CO)[C@@H](O[C@@H]5O[C@H](CO)[C@H](O)[C@H](O)[C@H]5O)[C@H](O)[C@H]4NC(C)=O)[C@@H](O[C@@H]4O[C@H](CO)[C@@H](O)[C@H](O)[C@H]4NC(C)=O)[C@H](O[C@H]4O[C@H](CO)[C@@H](O[C@@H]5O[C@H](CO)[C@@H](O)[C@H](O)[C@H]5NC(C)=O)[C@H](O)[C@@H]4O[C@@H]4O[C@H](CO)[C@@H](O[C@@H]5O[C@H](CO)[C@H](O)[C@H](O)[C@H]5O)[C@H](O)[C@H]4NC(C)=O)[C@@H]3O)[C@H](O)[C@H]2NC(C)=O)[C@@H](CO)O[C@H]1O.